The molecule has 16 nitrogen and oxygen atoms in total. The van der Waals surface area contributed by atoms with E-state index in [0.29, 0.717) is 24.3 Å². The summed E-state index contributed by atoms with van der Waals surface area (Å²) >= 11 is 0. The summed E-state index contributed by atoms with van der Waals surface area (Å²) in [7, 11) is -11.9. The molecular formula is C32H33F4N3O13P2. The standard InChI is InChI=1S/C32H33F4N3O13P2/c33-31(34,53(47,48)49)21-10-6-18(7-11-21)16-24(38-28(43)23(14-15-26(40)41)37-27(42)20-4-2-1-3-5-20)29(44)39-25(30(45)46)17-19-8-12-22(13-9-19)32(35,36)54(50,51)52/h1-13,23-25H,14-17H2,(H,37,42)(H,38,43)(H,39,44)(H,40,41)(H,45,46)(H2,47,48,49)(H2,50,51,52)/t23-,24?,25?/m0/s1. The van der Waals surface area contributed by atoms with Crippen molar-refractivity contribution in [2.75, 3.05) is 0 Å². The van der Waals surface area contributed by atoms with Gasteiger partial charge in [-0.15, -0.1) is 0 Å². The monoisotopic (exact) mass is 805 g/mol. The lowest BCUT2D eigenvalue weighted by Crippen LogP contribution is -2.56. The van der Waals surface area contributed by atoms with Crippen LogP contribution >= 0.6 is 15.2 Å². The average molecular weight is 806 g/mol. The summed E-state index contributed by atoms with van der Waals surface area (Å²) in [6, 6.07) is 8.47. The molecule has 3 amide bonds. The summed E-state index contributed by atoms with van der Waals surface area (Å²) in [4.78, 5) is 99.4. The maximum atomic E-state index is 14.2. The third kappa shape index (κ3) is 11.3. The van der Waals surface area contributed by atoms with E-state index in [9.17, 15) is 60.9 Å². The highest BCUT2D eigenvalue weighted by Crippen LogP contribution is 2.60. The van der Waals surface area contributed by atoms with E-state index >= 15 is 0 Å². The van der Waals surface area contributed by atoms with Gasteiger partial charge in [0.05, 0.1) is 0 Å². The van der Waals surface area contributed by atoms with Gasteiger partial charge >= 0.3 is 38.5 Å². The molecule has 0 radical (unpaired) electrons. The Hall–Kier alpha value is -4.97. The fourth-order valence-corrected chi connectivity index (χ4v) is 5.78. The number of carbonyl (C=O) groups is 5. The molecule has 292 valence electrons. The molecule has 3 aromatic rings. The largest absolute Gasteiger partial charge is 0.481 e. The number of alkyl halides is 4. The average Bonchev–Trinajstić information content (AvgIpc) is 3.09. The molecule has 22 heteroatoms. The maximum Gasteiger partial charge on any atom is 0.399 e. The van der Waals surface area contributed by atoms with Crippen molar-refractivity contribution in [1.29, 1.82) is 0 Å². The fourth-order valence-electron chi connectivity index (χ4n) is 4.81. The number of hydrogen-bond donors (Lipinski definition) is 9. The van der Waals surface area contributed by atoms with Crippen LogP contribution in [-0.2, 0) is 52.5 Å². The summed E-state index contributed by atoms with van der Waals surface area (Å²) in [6.07, 6.45) is -2.31. The molecular weight excluding hydrogens is 772 g/mol. The van der Waals surface area contributed by atoms with E-state index in [2.05, 4.69) is 16.0 Å². The molecule has 0 heterocycles. The Kier molecular flexibility index (Phi) is 14.0. The molecule has 2 unspecified atom stereocenters. The van der Waals surface area contributed by atoms with Gasteiger partial charge in [0.15, 0.2) is 0 Å². The molecule has 0 aromatic heterocycles. The van der Waals surface area contributed by atoms with Gasteiger partial charge in [-0.25, -0.2) is 4.79 Å². The minimum absolute atomic E-state index is 0.00696. The first-order valence-electron chi connectivity index (χ1n) is 15.4. The molecule has 3 rings (SSSR count). The van der Waals surface area contributed by atoms with Crippen LogP contribution in [0, 0.1) is 0 Å². The second-order valence-electron chi connectivity index (χ2n) is 11.8. The van der Waals surface area contributed by atoms with Crippen LogP contribution in [0.5, 0.6) is 0 Å². The van der Waals surface area contributed by atoms with Crippen molar-refractivity contribution >= 4 is 44.9 Å². The second-order valence-corrected chi connectivity index (χ2v) is 15.1. The van der Waals surface area contributed by atoms with Crippen molar-refractivity contribution < 1.29 is 80.5 Å². The topological polar surface area (TPSA) is 277 Å². The van der Waals surface area contributed by atoms with Crippen molar-refractivity contribution in [3.05, 3.63) is 107 Å². The summed E-state index contributed by atoms with van der Waals surface area (Å²) < 4.78 is 79.2. The van der Waals surface area contributed by atoms with Crippen LogP contribution in [0.1, 0.15) is 45.5 Å². The van der Waals surface area contributed by atoms with E-state index in [4.69, 9.17) is 19.6 Å². The molecule has 3 atom stereocenters. The fraction of sp³-hybridized carbons (Fsp3) is 0.281. The van der Waals surface area contributed by atoms with Crippen LogP contribution in [0.3, 0.4) is 0 Å². The summed E-state index contributed by atoms with van der Waals surface area (Å²) in [5, 5.41) is 25.8. The van der Waals surface area contributed by atoms with Gasteiger partial charge in [-0.05, 0) is 29.7 Å². The van der Waals surface area contributed by atoms with Gasteiger partial charge in [0.2, 0.25) is 11.8 Å². The van der Waals surface area contributed by atoms with Crippen LogP contribution in [0.4, 0.5) is 17.6 Å². The predicted octanol–water partition coefficient (Wildman–Crippen LogP) is 2.64. The normalized spacial score (nSPS) is 13.9. The third-order valence-corrected chi connectivity index (χ3v) is 9.75. The van der Waals surface area contributed by atoms with Gasteiger partial charge in [0, 0.05) is 36.0 Å². The Bertz CT molecular complexity index is 1940. The van der Waals surface area contributed by atoms with Crippen LogP contribution in [0.15, 0.2) is 78.9 Å². The smallest absolute Gasteiger partial charge is 0.399 e. The molecule has 0 spiro atoms. The van der Waals surface area contributed by atoms with E-state index in [-0.39, 0.29) is 16.7 Å². The van der Waals surface area contributed by atoms with Crippen LogP contribution < -0.4 is 16.0 Å². The minimum Gasteiger partial charge on any atom is -0.481 e. The Morgan fingerprint density at radius 3 is 1.41 bits per heavy atom. The van der Waals surface area contributed by atoms with Gasteiger partial charge in [0.25, 0.3) is 5.91 Å². The van der Waals surface area contributed by atoms with Crippen molar-refractivity contribution in [2.24, 2.45) is 0 Å². The molecule has 54 heavy (non-hydrogen) atoms. The van der Waals surface area contributed by atoms with Gasteiger partial charge in [-0.2, -0.15) is 17.6 Å². The van der Waals surface area contributed by atoms with Gasteiger partial charge in [0.1, 0.15) is 18.1 Å². The quantitative estimate of drug-likeness (QED) is 0.0662. The number of amides is 3. The van der Waals surface area contributed by atoms with Gasteiger partial charge in [-0.3, -0.25) is 28.3 Å². The number of carboxylic acids is 2. The first-order chi connectivity index (χ1) is 24.9. The Morgan fingerprint density at radius 1 is 0.593 bits per heavy atom. The molecule has 0 aliphatic heterocycles. The first-order valence-corrected chi connectivity index (χ1v) is 18.6. The molecule has 0 saturated carbocycles. The Morgan fingerprint density at radius 2 is 1.00 bits per heavy atom. The molecule has 3 aromatic carbocycles. The first kappa shape index (κ1) is 43.4. The summed E-state index contributed by atoms with van der Waals surface area (Å²) in [5.41, 5.74) is -11.3. The molecule has 0 fully saturated rings. The molecule has 0 aliphatic rings. The summed E-state index contributed by atoms with van der Waals surface area (Å²) in [6.45, 7) is 0. The van der Waals surface area contributed by atoms with Gasteiger partial charge in [-0.1, -0.05) is 66.7 Å². The van der Waals surface area contributed by atoms with E-state index < -0.39 is 111 Å². The van der Waals surface area contributed by atoms with Crippen molar-refractivity contribution in [3.63, 3.8) is 0 Å². The zero-order valence-corrected chi connectivity index (χ0v) is 29.3. The van der Waals surface area contributed by atoms with Crippen LogP contribution in [0.25, 0.3) is 0 Å². The Labute approximate surface area is 302 Å². The Balaban J connectivity index is 1.93. The lowest BCUT2D eigenvalue weighted by Gasteiger charge is -2.25. The van der Waals surface area contributed by atoms with Crippen LogP contribution in [-0.4, -0.2) is 77.6 Å². The van der Waals surface area contributed by atoms with Crippen LogP contribution in [0.2, 0.25) is 0 Å². The highest BCUT2D eigenvalue weighted by atomic mass is 31.2. The lowest BCUT2D eigenvalue weighted by molar-refractivity contribution is -0.142. The second kappa shape index (κ2) is 17.4. The van der Waals surface area contributed by atoms with Crippen molar-refractivity contribution in [3.8, 4) is 0 Å². The van der Waals surface area contributed by atoms with E-state index in [1.807, 2.05) is 0 Å². The zero-order valence-electron chi connectivity index (χ0n) is 27.5. The molecule has 0 aliphatic carbocycles. The van der Waals surface area contributed by atoms with Crippen molar-refractivity contribution in [1.82, 2.24) is 16.0 Å². The van der Waals surface area contributed by atoms with Gasteiger partial charge < -0.3 is 45.7 Å². The number of hydrogen-bond acceptors (Lipinski definition) is 7. The van der Waals surface area contributed by atoms with E-state index in [1.165, 1.54) is 24.3 Å². The predicted molar refractivity (Wildman–Crippen MR) is 178 cm³/mol. The number of aliphatic carboxylic acids is 2. The highest BCUT2D eigenvalue weighted by Gasteiger charge is 2.51. The lowest BCUT2D eigenvalue weighted by atomic mass is 10.0. The highest BCUT2D eigenvalue weighted by molar-refractivity contribution is 7.52. The number of nitrogens with one attached hydrogen (secondary N) is 3. The number of benzene rings is 3. The number of carboxylic acid groups (broad SMARTS) is 2. The maximum absolute atomic E-state index is 14.2. The molecule has 0 bridgehead atoms. The summed E-state index contributed by atoms with van der Waals surface area (Å²) in [5.74, 6) is -6.18. The molecule has 0 saturated heterocycles. The number of halogens is 4. The van der Waals surface area contributed by atoms with E-state index in [1.54, 1.807) is 6.07 Å². The van der Waals surface area contributed by atoms with E-state index in [0.717, 1.165) is 24.3 Å². The minimum atomic E-state index is -5.96. The van der Waals surface area contributed by atoms with Crippen molar-refractivity contribution in [2.45, 2.75) is 55.1 Å². The molecule has 9 N–H and O–H groups in total. The SMILES string of the molecule is O=C(O)CC[C@H](NC(=O)c1ccccc1)C(=O)NC(Cc1ccc(C(F)(F)P(=O)(O)O)cc1)C(=O)NC(Cc1ccc(C(F)(F)P(=O)(O)O)cc1)C(=O)O. The third-order valence-electron chi connectivity index (χ3n) is 7.77. The number of carbonyl (C=O) groups excluding carboxylic acids is 3. The zero-order chi connectivity index (χ0) is 40.6. The number of rotatable bonds is 18.